The average Bonchev–Trinajstić information content (AvgIpc) is 2.48. The number of nitrogen functional groups attached to an aromatic ring is 1. The van der Waals surface area contributed by atoms with E-state index in [2.05, 4.69) is 15.7 Å². The first-order chi connectivity index (χ1) is 10.0. The molecule has 0 saturated carbocycles. The van der Waals surface area contributed by atoms with Crippen molar-refractivity contribution in [2.45, 2.75) is 0 Å². The van der Waals surface area contributed by atoms with Crippen molar-refractivity contribution in [3.63, 3.8) is 0 Å². The number of benzene rings is 1. The Kier molecular flexibility index (Phi) is 4.62. The second kappa shape index (κ2) is 6.43. The molecule has 0 fully saturated rings. The van der Waals surface area contributed by atoms with Crippen molar-refractivity contribution in [2.75, 3.05) is 29.7 Å². The largest absolute Gasteiger partial charge is 0.378 e. The molecule has 0 atom stereocenters. The number of nitrogens with one attached hydrogen (secondary N) is 2. The molecular weight excluding hydrogens is 290 g/mol. The quantitative estimate of drug-likeness (QED) is 0.596. The maximum atomic E-state index is 12.2. The van der Waals surface area contributed by atoms with Gasteiger partial charge in [-0.15, -0.1) is 0 Å². The highest BCUT2D eigenvalue weighted by atomic mass is 35.5. The van der Waals surface area contributed by atoms with Crippen molar-refractivity contribution in [1.29, 1.82) is 0 Å². The Morgan fingerprint density at radius 2 is 1.86 bits per heavy atom. The first-order valence-electron chi connectivity index (χ1n) is 6.23. The van der Waals surface area contributed by atoms with Crippen molar-refractivity contribution in [1.82, 2.24) is 4.98 Å². The Balaban J connectivity index is 2.17. The Bertz CT molecular complexity index is 642. The van der Waals surface area contributed by atoms with Gasteiger partial charge in [0.25, 0.3) is 5.91 Å². The number of aromatic nitrogens is 1. The average molecular weight is 306 g/mol. The van der Waals surface area contributed by atoms with E-state index in [0.717, 1.165) is 5.69 Å². The molecule has 4 N–H and O–H groups in total. The number of rotatable bonds is 4. The van der Waals surface area contributed by atoms with Crippen LogP contribution >= 0.6 is 11.6 Å². The maximum Gasteiger partial charge on any atom is 0.275 e. The van der Waals surface area contributed by atoms with Crippen LogP contribution in [0.4, 0.5) is 17.2 Å². The summed E-state index contributed by atoms with van der Waals surface area (Å²) in [7, 11) is 3.89. The van der Waals surface area contributed by atoms with Gasteiger partial charge < -0.3 is 15.6 Å². The highest BCUT2D eigenvalue weighted by Gasteiger charge is 2.13. The lowest BCUT2D eigenvalue weighted by molar-refractivity contribution is 0.102. The number of pyridine rings is 1. The SMILES string of the molecule is CN(C)c1ccc(NC(=O)c2nc(NN)ccc2Cl)cc1. The number of carbonyl (C=O) groups excluding carboxylic acids is 1. The second-order valence-corrected chi connectivity index (χ2v) is 4.97. The molecule has 7 heteroatoms. The number of amides is 1. The Hall–Kier alpha value is -2.31. The number of anilines is 3. The molecular formula is C14H16ClN5O. The van der Waals surface area contributed by atoms with Crippen LogP contribution in [0.15, 0.2) is 36.4 Å². The summed E-state index contributed by atoms with van der Waals surface area (Å²) >= 11 is 5.98. The lowest BCUT2D eigenvalue weighted by Crippen LogP contribution is -2.17. The zero-order valence-electron chi connectivity index (χ0n) is 11.7. The van der Waals surface area contributed by atoms with Crippen LogP contribution in [0.2, 0.25) is 5.02 Å². The van der Waals surface area contributed by atoms with Gasteiger partial charge in [-0.2, -0.15) is 0 Å². The van der Waals surface area contributed by atoms with Crippen LogP contribution in [0.5, 0.6) is 0 Å². The lowest BCUT2D eigenvalue weighted by atomic mass is 10.2. The van der Waals surface area contributed by atoms with Crippen molar-refractivity contribution in [3.05, 3.63) is 47.1 Å². The molecule has 1 amide bonds. The molecule has 0 aliphatic carbocycles. The van der Waals surface area contributed by atoms with Gasteiger partial charge in [-0.1, -0.05) is 11.6 Å². The van der Waals surface area contributed by atoms with E-state index in [1.165, 1.54) is 0 Å². The van der Waals surface area contributed by atoms with Gasteiger partial charge in [0.2, 0.25) is 0 Å². The lowest BCUT2D eigenvalue weighted by Gasteiger charge is -2.13. The fraction of sp³-hybridized carbons (Fsp3) is 0.143. The van der Waals surface area contributed by atoms with E-state index >= 15 is 0 Å². The highest BCUT2D eigenvalue weighted by Crippen LogP contribution is 2.19. The molecule has 0 aliphatic heterocycles. The van der Waals surface area contributed by atoms with Crippen molar-refractivity contribution >= 4 is 34.7 Å². The molecule has 0 radical (unpaired) electrons. The fourth-order valence-electron chi connectivity index (χ4n) is 1.71. The summed E-state index contributed by atoms with van der Waals surface area (Å²) in [5.41, 5.74) is 4.19. The van der Waals surface area contributed by atoms with Crippen molar-refractivity contribution < 1.29 is 4.79 Å². The molecule has 1 aromatic carbocycles. The summed E-state index contributed by atoms with van der Waals surface area (Å²) in [6.45, 7) is 0. The van der Waals surface area contributed by atoms with E-state index in [4.69, 9.17) is 17.4 Å². The minimum atomic E-state index is -0.394. The molecule has 0 saturated heterocycles. The third-order valence-corrected chi connectivity index (χ3v) is 3.16. The number of hydrazine groups is 1. The van der Waals surface area contributed by atoms with Gasteiger partial charge in [0, 0.05) is 25.5 Å². The van der Waals surface area contributed by atoms with E-state index in [9.17, 15) is 4.79 Å². The minimum absolute atomic E-state index is 0.115. The van der Waals surface area contributed by atoms with Crippen LogP contribution in [-0.2, 0) is 0 Å². The molecule has 1 aromatic heterocycles. The van der Waals surface area contributed by atoms with E-state index in [-0.39, 0.29) is 10.7 Å². The van der Waals surface area contributed by atoms with Gasteiger partial charge in [0.15, 0.2) is 0 Å². The van der Waals surface area contributed by atoms with Gasteiger partial charge in [-0.05, 0) is 36.4 Å². The molecule has 0 bridgehead atoms. The van der Waals surface area contributed by atoms with Crippen molar-refractivity contribution in [3.8, 4) is 0 Å². The normalized spacial score (nSPS) is 10.1. The molecule has 2 rings (SSSR count). The van der Waals surface area contributed by atoms with Crippen LogP contribution in [0.3, 0.4) is 0 Å². The van der Waals surface area contributed by atoms with E-state index in [1.807, 2.05) is 43.3 Å². The van der Waals surface area contributed by atoms with Gasteiger partial charge in [-0.25, -0.2) is 10.8 Å². The van der Waals surface area contributed by atoms with Crippen LogP contribution in [0.25, 0.3) is 0 Å². The second-order valence-electron chi connectivity index (χ2n) is 4.57. The summed E-state index contributed by atoms with van der Waals surface area (Å²) in [5.74, 6) is 5.25. The smallest absolute Gasteiger partial charge is 0.275 e. The first-order valence-corrected chi connectivity index (χ1v) is 6.61. The van der Waals surface area contributed by atoms with E-state index < -0.39 is 5.91 Å². The predicted molar refractivity (Wildman–Crippen MR) is 85.8 cm³/mol. The van der Waals surface area contributed by atoms with E-state index in [0.29, 0.717) is 11.5 Å². The third-order valence-electron chi connectivity index (χ3n) is 2.85. The summed E-state index contributed by atoms with van der Waals surface area (Å²) in [6.07, 6.45) is 0. The number of hydrogen-bond donors (Lipinski definition) is 3. The monoisotopic (exact) mass is 305 g/mol. The molecule has 0 spiro atoms. The topological polar surface area (TPSA) is 83.3 Å². The summed E-state index contributed by atoms with van der Waals surface area (Å²) in [6, 6.07) is 10.6. The maximum absolute atomic E-state index is 12.2. The molecule has 0 aliphatic rings. The zero-order valence-corrected chi connectivity index (χ0v) is 12.5. The molecule has 21 heavy (non-hydrogen) atoms. The van der Waals surface area contributed by atoms with Gasteiger partial charge in [0.05, 0.1) is 5.02 Å². The summed E-state index contributed by atoms with van der Waals surface area (Å²) in [4.78, 5) is 18.2. The molecule has 1 heterocycles. The first kappa shape index (κ1) is 15.1. The molecule has 110 valence electrons. The van der Waals surface area contributed by atoms with Crippen LogP contribution in [0.1, 0.15) is 10.5 Å². The standard InChI is InChI=1S/C14H16ClN5O/c1-20(2)10-5-3-9(4-6-10)17-14(21)13-11(15)7-8-12(18-13)19-16/h3-8H,16H2,1-2H3,(H,17,21)(H,18,19). The number of carbonyl (C=O) groups is 1. The van der Waals surface area contributed by atoms with Crippen LogP contribution < -0.4 is 21.5 Å². The molecule has 0 unspecified atom stereocenters. The van der Waals surface area contributed by atoms with Crippen LogP contribution in [0, 0.1) is 0 Å². The summed E-state index contributed by atoms with van der Waals surface area (Å²) in [5, 5.41) is 3.00. The highest BCUT2D eigenvalue weighted by molar-refractivity contribution is 6.34. The summed E-state index contributed by atoms with van der Waals surface area (Å²) < 4.78 is 0. The van der Waals surface area contributed by atoms with Gasteiger partial charge >= 0.3 is 0 Å². The third kappa shape index (κ3) is 3.62. The van der Waals surface area contributed by atoms with Crippen molar-refractivity contribution in [2.24, 2.45) is 5.84 Å². The van der Waals surface area contributed by atoms with Gasteiger partial charge in [-0.3, -0.25) is 4.79 Å². The number of halogens is 1. The zero-order chi connectivity index (χ0) is 15.4. The number of nitrogens with two attached hydrogens (primary N) is 1. The Morgan fingerprint density at radius 3 is 2.43 bits per heavy atom. The number of hydrogen-bond acceptors (Lipinski definition) is 5. The Labute approximate surface area is 127 Å². The van der Waals surface area contributed by atoms with Gasteiger partial charge in [0.1, 0.15) is 11.5 Å². The predicted octanol–water partition coefficient (Wildman–Crippen LogP) is 2.34. The molecule has 6 nitrogen and oxygen atoms in total. The number of nitrogens with zero attached hydrogens (tertiary/aromatic N) is 2. The Morgan fingerprint density at radius 1 is 1.19 bits per heavy atom. The fourth-order valence-corrected chi connectivity index (χ4v) is 1.91. The van der Waals surface area contributed by atoms with E-state index in [1.54, 1.807) is 12.1 Å². The minimum Gasteiger partial charge on any atom is -0.378 e. The van der Waals surface area contributed by atoms with Crippen LogP contribution in [-0.4, -0.2) is 25.0 Å². The molecule has 2 aromatic rings.